The molecule has 0 amide bonds. The average Bonchev–Trinajstić information content (AvgIpc) is 3.18. The maximum Gasteiger partial charge on any atom is 0.121 e. The molecule has 27 heavy (non-hydrogen) atoms. The predicted octanol–water partition coefficient (Wildman–Crippen LogP) is 5.74. The van der Waals surface area contributed by atoms with Crippen molar-refractivity contribution in [3.8, 4) is 5.69 Å². The minimum Gasteiger partial charge on any atom is -0.150 e. The lowest BCUT2D eigenvalue weighted by Crippen LogP contribution is -1.97. The second-order valence-corrected chi connectivity index (χ2v) is 6.48. The summed E-state index contributed by atoms with van der Waals surface area (Å²) in [5.41, 5.74) is 5.12. The highest BCUT2D eigenvalue weighted by atomic mass is 15.5. The lowest BCUT2D eigenvalue weighted by Gasteiger charge is -2.00. The van der Waals surface area contributed by atoms with Gasteiger partial charge in [0.15, 0.2) is 0 Å². The van der Waals surface area contributed by atoms with Crippen LogP contribution in [0.5, 0.6) is 0 Å². The summed E-state index contributed by atoms with van der Waals surface area (Å²) in [5.74, 6) is 0. The molecule has 128 valence electrons. The van der Waals surface area contributed by atoms with Crippen molar-refractivity contribution in [1.82, 2.24) is 15.0 Å². The third kappa shape index (κ3) is 3.00. The molecule has 0 aliphatic rings. The summed E-state index contributed by atoms with van der Waals surface area (Å²) in [4.78, 5) is 1.71. The van der Waals surface area contributed by atoms with Crippen LogP contribution in [0.3, 0.4) is 0 Å². The van der Waals surface area contributed by atoms with Crippen molar-refractivity contribution in [2.75, 3.05) is 0 Å². The lowest BCUT2D eigenvalue weighted by molar-refractivity contribution is 0.766. The summed E-state index contributed by atoms with van der Waals surface area (Å²) in [5, 5.41) is 11.7. The van der Waals surface area contributed by atoms with Gasteiger partial charge in [-0.25, -0.2) is 0 Å². The van der Waals surface area contributed by atoms with Gasteiger partial charge in [0, 0.05) is 5.39 Å². The Hall–Kier alpha value is -3.72. The van der Waals surface area contributed by atoms with Gasteiger partial charge in [-0.2, -0.15) is 4.80 Å². The topological polar surface area (TPSA) is 30.7 Å². The van der Waals surface area contributed by atoms with E-state index in [1.54, 1.807) is 4.80 Å². The molecule has 0 atom stereocenters. The average molecular weight is 347 g/mol. The molecule has 3 heteroatoms. The van der Waals surface area contributed by atoms with Crippen molar-refractivity contribution >= 4 is 34.0 Å². The summed E-state index contributed by atoms with van der Waals surface area (Å²) in [6.07, 6.45) is 4.22. The maximum absolute atomic E-state index is 4.72. The Morgan fingerprint density at radius 3 is 2.11 bits per heavy atom. The molecule has 1 heterocycles. The first kappa shape index (κ1) is 15.5. The molecule has 0 unspecified atom stereocenters. The van der Waals surface area contributed by atoms with Crippen LogP contribution in [-0.4, -0.2) is 15.0 Å². The van der Waals surface area contributed by atoms with Gasteiger partial charge in [0.25, 0.3) is 0 Å². The monoisotopic (exact) mass is 347 g/mol. The van der Waals surface area contributed by atoms with Crippen LogP contribution in [-0.2, 0) is 0 Å². The van der Waals surface area contributed by atoms with E-state index in [1.165, 1.54) is 10.9 Å². The predicted molar refractivity (Wildman–Crippen MR) is 112 cm³/mol. The summed E-state index contributed by atoms with van der Waals surface area (Å²) >= 11 is 0. The largest absolute Gasteiger partial charge is 0.150 e. The van der Waals surface area contributed by atoms with Gasteiger partial charge in [-0.05, 0) is 34.7 Å². The van der Waals surface area contributed by atoms with E-state index in [2.05, 4.69) is 59.7 Å². The fourth-order valence-electron chi connectivity index (χ4n) is 3.24. The summed E-state index contributed by atoms with van der Waals surface area (Å²) in [7, 11) is 0. The molecule has 4 aromatic carbocycles. The molecule has 3 nitrogen and oxygen atoms in total. The highest BCUT2D eigenvalue weighted by Gasteiger charge is 2.07. The Balaban J connectivity index is 1.48. The van der Waals surface area contributed by atoms with Crippen LogP contribution in [0.15, 0.2) is 91.0 Å². The van der Waals surface area contributed by atoms with E-state index in [-0.39, 0.29) is 0 Å². The number of hydrogen-bond acceptors (Lipinski definition) is 2. The molecule has 0 N–H and O–H groups in total. The molecule has 0 radical (unpaired) electrons. The van der Waals surface area contributed by atoms with Crippen molar-refractivity contribution in [2.24, 2.45) is 0 Å². The lowest BCUT2D eigenvalue weighted by atomic mass is 10.1. The minimum absolute atomic E-state index is 0.904. The van der Waals surface area contributed by atoms with Crippen molar-refractivity contribution in [1.29, 1.82) is 0 Å². The molecule has 0 bridgehead atoms. The standard InChI is InChI=1S/C24H17N3/c1-2-6-18(7-3-1)10-11-19-12-15-21(16-13-19)27-25-23-17-14-20-8-4-5-9-22(20)24(23)26-27/h1-17H. The molecule has 0 aliphatic heterocycles. The van der Waals surface area contributed by atoms with Crippen molar-refractivity contribution in [2.45, 2.75) is 0 Å². The summed E-state index contributed by atoms with van der Waals surface area (Å²) in [6.45, 7) is 0. The first-order chi connectivity index (χ1) is 13.4. The van der Waals surface area contributed by atoms with E-state index >= 15 is 0 Å². The van der Waals surface area contributed by atoms with E-state index in [0.29, 0.717) is 0 Å². The Morgan fingerprint density at radius 2 is 1.30 bits per heavy atom. The second-order valence-electron chi connectivity index (χ2n) is 6.48. The fraction of sp³-hybridized carbons (Fsp3) is 0. The number of benzene rings is 4. The quantitative estimate of drug-likeness (QED) is 0.389. The Morgan fingerprint density at radius 1 is 0.593 bits per heavy atom. The SMILES string of the molecule is C(=Cc1ccc(-n2nc3ccc4ccccc4c3n2)cc1)c1ccccc1. The van der Waals surface area contributed by atoms with E-state index in [4.69, 9.17) is 5.10 Å². The van der Waals surface area contributed by atoms with Crippen LogP contribution in [0.1, 0.15) is 11.1 Å². The molecular formula is C24H17N3. The molecule has 0 fully saturated rings. The van der Waals surface area contributed by atoms with Gasteiger partial charge >= 0.3 is 0 Å². The van der Waals surface area contributed by atoms with Crippen LogP contribution in [0.2, 0.25) is 0 Å². The molecule has 5 aromatic rings. The normalized spacial score (nSPS) is 11.6. The van der Waals surface area contributed by atoms with E-state index in [0.717, 1.165) is 27.7 Å². The zero-order chi connectivity index (χ0) is 18.1. The van der Waals surface area contributed by atoms with Crippen LogP contribution < -0.4 is 0 Å². The van der Waals surface area contributed by atoms with Crippen molar-refractivity contribution in [3.63, 3.8) is 0 Å². The van der Waals surface area contributed by atoms with Crippen LogP contribution in [0.25, 0.3) is 39.6 Å². The molecule has 0 spiro atoms. The van der Waals surface area contributed by atoms with Gasteiger partial charge in [-0.1, -0.05) is 84.9 Å². The number of aromatic nitrogens is 3. The Bertz CT molecular complexity index is 1250. The van der Waals surface area contributed by atoms with Gasteiger partial charge in [0.1, 0.15) is 11.0 Å². The number of rotatable bonds is 3. The zero-order valence-electron chi connectivity index (χ0n) is 14.7. The molecular weight excluding hydrogens is 330 g/mol. The highest BCUT2D eigenvalue weighted by Crippen LogP contribution is 2.23. The van der Waals surface area contributed by atoms with Crippen LogP contribution >= 0.6 is 0 Å². The second kappa shape index (κ2) is 6.54. The van der Waals surface area contributed by atoms with Gasteiger partial charge in [0.05, 0.1) is 5.69 Å². The van der Waals surface area contributed by atoms with Gasteiger partial charge in [-0.3, -0.25) is 0 Å². The number of fused-ring (bicyclic) bond motifs is 3. The number of hydrogen-bond donors (Lipinski definition) is 0. The van der Waals surface area contributed by atoms with Crippen LogP contribution in [0, 0.1) is 0 Å². The van der Waals surface area contributed by atoms with Crippen molar-refractivity contribution < 1.29 is 0 Å². The summed E-state index contributed by atoms with van der Waals surface area (Å²) < 4.78 is 0. The summed E-state index contributed by atoms with van der Waals surface area (Å²) in [6, 6.07) is 30.9. The van der Waals surface area contributed by atoms with Crippen LogP contribution in [0.4, 0.5) is 0 Å². The maximum atomic E-state index is 4.72. The smallest absolute Gasteiger partial charge is 0.121 e. The zero-order valence-corrected chi connectivity index (χ0v) is 14.7. The van der Waals surface area contributed by atoms with E-state index < -0.39 is 0 Å². The molecule has 5 rings (SSSR count). The van der Waals surface area contributed by atoms with Crippen molar-refractivity contribution in [3.05, 3.63) is 102 Å². The van der Waals surface area contributed by atoms with Gasteiger partial charge < -0.3 is 0 Å². The number of nitrogens with zero attached hydrogens (tertiary/aromatic N) is 3. The van der Waals surface area contributed by atoms with E-state index in [9.17, 15) is 0 Å². The molecule has 0 saturated carbocycles. The van der Waals surface area contributed by atoms with Gasteiger partial charge in [0.2, 0.25) is 0 Å². The molecule has 0 aliphatic carbocycles. The highest BCUT2D eigenvalue weighted by molar-refractivity contribution is 6.03. The Kier molecular flexibility index (Phi) is 3.76. The minimum atomic E-state index is 0.904. The van der Waals surface area contributed by atoms with Gasteiger partial charge in [-0.15, -0.1) is 10.2 Å². The fourth-order valence-corrected chi connectivity index (χ4v) is 3.24. The first-order valence-electron chi connectivity index (χ1n) is 8.95. The van der Waals surface area contributed by atoms with E-state index in [1.807, 2.05) is 48.5 Å². The Labute approximate surface area is 157 Å². The third-order valence-corrected chi connectivity index (χ3v) is 4.67. The third-order valence-electron chi connectivity index (χ3n) is 4.67. The molecule has 1 aromatic heterocycles. The molecule has 0 saturated heterocycles. The first-order valence-corrected chi connectivity index (χ1v) is 8.95.